The van der Waals surface area contributed by atoms with Gasteiger partial charge in [-0.1, -0.05) is 12.8 Å². The van der Waals surface area contributed by atoms with Crippen LogP contribution in [0.15, 0.2) is 12.4 Å². The SMILES string of the molecule is CCO[C@H]1C[C@H](NC(=O)CCn2cc([N+](=O)[O-])cn2)C12CCCC2. The summed E-state index contributed by atoms with van der Waals surface area (Å²) in [6, 6.07) is 0.191. The second-order valence-corrected chi connectivity index (χ2v) is 6.71. The summed E-state index contributed by atoms with van der Waals surface area (Å²) in [5.41, 5.74) is 0.0646. The van der Waals surface area contributed by atoms with Crippen LogP contribution in [0, 0.1) is 15.5 Å². The molecule has 0 unspecified atom stereocenters. The number of aromatic nitrogens is 2. The van der Waals surface area contributed by atoms with Gasteiger partial charge in [-0.15, -0.1) is 0 Å². The van der Waals surface area contributed by atoms with E-state index in [1.807, 2.05) is 6.92 Å². The predicted molar refractivity (Wildman–Crippen MR) is 86.4 cm³/mol. The molecule has 0 radical (unpaired) electrons. The number of carbonyl (C=O) groups excluding carboxylic acids is 1. The summed E-state index contributed by atoms with van der Waals surface area (Å²) in [7, 11) is 0. The fourth-order valence-corrected chi connectivity index (χ4v) is 4.14. The minimum Gasteiger partial charge on any atom is -0.378 e. The standard InChI is InChI=1S/C16H24N4O4/c1-2-24-14-9-13(16(14)6-3-4-7-16)18-15(21)5-8-19-11-12(10-17-19)20(22)23/h10-11,13-14H,2-9H2,1H3,(H,18,21)/t13-,14-/m0/s1. The van der Waals surface area contributed by atoms with Gasteiger partial charge in [-0.3, -0.25) is 19.6 Å². The smallest absolute Gasteiger partial charge is 0.306 e. The topological polar surface area (TPSA) is 99.3 Å². The molecule has 0 aromatic carbocycles. The van der Waals surface area contributed by atoms with Crippen LogP contribution >= 0.6 is 0 Å². The minimum atomic E-state index is -0.490. The third kappa shape index (κ3) is 3.15. The molecule has 0 aliphatic heterocycles. The van der Waals surface area contributed by atoms with Crippen LogP contribution in [-0.4, -0.2) is 39.4 Å². The number of amides is 1. The van der Waals surface area contributed by atoms with Gasteiger partial charge in [-0.2, -0.15) is 5.10 Å². The van der Waals surface area contributed by atoms with E-state index in [1.165, 1.54) is 29.9 Å². The zero-order valence-corrected chi connectivity index (χ0v) is 13.9. The Bertz CT molecular complexity index is 609. The molecule has 0 saturated heterocycles. The van der Waals surface area contributed by atoms with Gasteiger partial charge >= 0.3 is 5.69 Å². The van der Waals surface area contributed by atoms with Crippen LogP contribution in [0.3, 0.4) is 0 Å². The lowest BCUT2D eigenvalue weighted by molar-refractivity contribution is -0.385. The Kier molecular flexibility index (Phi) is 4.84. The lowest BCUT2D eigenvalue weighted by Crippen LogP contribution is -2.63. The quantitative estimate of drug-likeness (QED) is 0.607. The molecule has 1 aromatic heterocycles. The monoisotopic (exact) mass is 336 g/mol. The first-order chi connectivity index (χ1) is 11.5. The van der Waals surface area contributed by atoms with E-state index in [1.54, 1.807) is 0 Å². The minimum absolute atomic E-state index is 0.0284. The van der Waals surface area contributed by atoms with Gasteiger partial charge in [-0.25, -0.2) is 0 Å². The fourth-order valence-electron chi connectivity index (χ4n) is 4.14. The molecule has 1 heterocycles. The summed E-state index contributed by atoms with van der Waals surface area (Å²) in [6.45, 7) is 3.07. The van der Waals surface area contributed by atoms with E-state index in [4.69, 9.17) is 4.74 Å². The van der Waals surface area contributed by atoms with Crippen molar-refractivity contribution < 1.29 is 14.5 Å². The normalized spacial score (nSPS) is 24.7. The van der Waals surface area contributed by atoms with E-state index in [9.17, 15) is 14.9 Å². The van der Waals surface area contributed by atoms with Crippen molar-refractivity contribution in [2.45, 2.75) is 64.1 Å². The summed E-state index contributed by atoms with van der Waals surface area (Å²) in [5.74, 6) is -0.0284. The van der Waals surface area contributed by atoms with E-state index in [0.29, 0.717) is 13.2 Å². The van der Waals surface area contributed by atoms with E-state index >= 15 is 0 Å². The maximum Gasteiger partial charge on any atom is 0.306 e. The number of carbonyl (C=O) groups is 1. The van der Waals surface area contributed by atoms with E-state index in [0.717, 1.165) is 19.3 Å². The largest absolute Gasteiger partial charge is 0.378 e. The highest BCUT2D eigenvalue weighted by Crippen LogP contribution is 2.54. The van der Waals surface area contributed by atoms with Gasteiger partial charge in [0.1, 0.15) is 12.4 Å². The average molecular weight is 336 g/mol. The number of nitro groups is 1. The van der Waals surface area contributed by atoms with Crippen molar-refractivity contribution in [1.29, 1.82) is 0 Å². The lowest BCUT2D eigenvalue weighted by Gasteiger charge is -2.54. The zero-order chi connectivity index (χ0) is 17.2. The molecule has 8 nitrogen and oxygen atoms in total. The van der Waals surface area contributed by atoms with Crippen LogP contribution in [0.2, 0.25) is 0 Å². The summed E-state index contributed by atoms with van der Waals surface area (Å²) in [6.07, 6.45) is 8.60. The summed E-state index contributed by atoms with van der Waals surface area (Å²) in [4.78, 5) is 22.4. The van der Waals surface area contributed by atoms with Gasteiger partial charge < -0.3 is 10.1 Å². The zero-order valence-electron chi connectivity index (χ0n) is 13.9. The third-order valence-electron chi connectivity index (χ3n) is 5.42. The molecule has 0 bridgehead atoms. The highest BCUT2D eigenvalue weighted by Gasteiger charge is 2.57. The van der Waals surface area contributed by atoms with Crippen molar-refractivity contribution in [3.05, 3.63) is 22.5 Å². The predicted octanol–water partition coefficient (Wildman–Crippen LogP) is 2.04. The molecule has 1 aromatic rings. The molecular weight excluding hydrogens is 312 g/mol. The Morgan fingerprint density at radius 1 is 1.54 bits per heavy atom. The highest BCUT2D eigenvalue weighted by molar-refractivity contribution is 5.76. The number of ether oxygens (including phenoxy) is 1. The number of hydrogen-bond donors (Lipinski definition) is 1. The van der Waals surface area contributed by atoms with Crippen molar-refractivity contribution in [2.75, 3.05) is 6.61 Å². The van der Waals surface area contributed by atoms with Crippen LogP contribution in [0.5, 0.6) is 0 Å². The van der Waals surface area contributed by atoms with E-state index in [-0.39, 0.29) is 35.6 Å². The summed E-state index contributed by atoms with van der Waals surface area (Å²) >= 11 is 0. The van der Waals surface area contributed by atoms with Gasteiger partial charge in [0.25, 0.3) is 0 Å². The molecule has 8 heteroatoms. The first-order valence-electron chi connectivity index (χ1n) is 8.63. The summed E-state index contributed by atoms with van der Waals surface area (Å²) < 4.78 is 7.29. The van der Waals surface area contributed by atoms with E-state index in [2.05, 4.69) is 10.4 Å². The van der Waals surface area contributed by atoms with Crippen LogP contribution in [0.1, 0.15) is 45.4 Å². The van der Waals surface area contributed by atoms with E-state index < -0.39 is 4.92 Å². The molecule has 1 amide bonds. The lowest BCUT2D eigenvalue weighted by atomic mass is 9.60. The maximum absolute atomic E-state index is 12.2. The third-order valence-corrected chi connectivity index (χ3v) is 5.42. The van der Waals surface area contributed by atoms with Crippen molar-refractivity contribution in [3.63, 3.8) is 0 Å². The Morgan fingerprint density at radius 2 is 2.29 bits per heavy atom. The Morgan fingerprint density at radius 3 is 2.92 bits per heavy atom. The molecule has 132 valence electrons. The van der Waals surface area contributed by atoms with Crippen LogP contribution in [0.25, 0.3) is 0 Å². The fraction of sp³-hybridized carbons (Fsp3) is 0.750. The van der Waals surface area contributed by atoms with Gasteiger partial charge in [-0.05, 0) is 26.2 Å². The molecule has 2 fully saturated rings. The first kappa shape index (κ1) is 16.9. The summed E-state index contributed by atoms with van der Waals surface area (Å²) in [5, 5.41) is 17.7. The van der Waals surface area contributed by atoms with Crippen molar-refractivity contribution >= 4 is 11.6 Å². The van der Waals surface area contributed by atoms with Crippen LogP contribution in [0.4, 0.5) is 5.69 Å². The Labute approximate surface area is 140 Å². The molecule has 24 heavy (non-hydrogen) atoms. The molecule has 1 N–H and O–H groups in total. The highest BCUT2D eigenvalue weighted by atomic mass is 16.6. The first-order valence-corrected chi connectivity index (χ1v) is 8.63. The molecular formula is C16H24N4O4. The Balaban J connectivity index is 1.50. The molecule has 2 aliphatic carbocycles. The second-order valence-electron chi connectivity index (χ2n) is 6.71. The Hall–Kier alpha value is -1.96. The second kappa shape index (κ2) is 6.88. The number of nitrogens with zero attached hydrogens (tertiary/aromatic N) is 3. The van der Waals surface area contributed by atoms with Gasteiger partial charge in [0, 0.05) is 31.0 Å². The van der Waals surface area contributed by atoms with Gasteiger partial charge in [0.2, 0.25) is 5.91 Å². The molecule has 2 aliphatic rings. The number of nitrogens with one attached hydrogen (secondary N) is 1. The molecule has 2 saturated carbocycles. The van der Waals surface area contributed by atoms with Crippen LogP contribution < -0.4 is 5.32 Å². The van der Waals surface area contributed by atoms with Gasteiger partial charge in [0.05, 0.1) is 11.0 Å². The maximum atomic E-state index is 12.2. The van der Waals surface area contributed by atoms with Crippen molar-refractivity contribution in [2.24, 2.45) is 5.41 Å². The number of hydrogen-bond acceptors (Lipinski definition) is 5. The number of rotatable bonds is 7. The van der Waals surface area contributed by atoms with Crippen molar-refractivity contribution in [1.82, 2.24) is 15.1 Å². The molecule has 1 spiro atoms. The van der Waals surface area contributed by atoms with Gasteiger partial charge in [0.15, 0.2) is 0 Å². The molecule has 2 atom stereocenters. The average Bonchev–Trinajstić information content (AvgIpc) is 3.22. The van der Waals surface area contributed by atoms with Crippen LogP contribution in [-0.2, 0) is 16.1 Å². The van der Waals surface area contributed by atoms with Crippen molar-refractivity contribution in [3.8, 4) is 0 Å². The number of aryl methyl sites for hydroxylation is 1. The molecule has 3 rings (SSSR count).